The first-order valence-electron chi connectivity index (χ1n) is 6.04. The summed E-state index contributed by atoms with van der Waals surface area (Å²) in [5.74, 6) is 1.59. The van der Waals surface area contributed by atoms with Crippen molar-refractivity contribution in [3.63, 3.8) is 0 Å². The molecule has 1 unspecified atom stereocenters. The molecule has 1 aromatic heterocycles. The average Bonchev–Trinajstić information content (AvgIpc) is 2.38. The Hall–Kier alpha value is -0.800. The molecule has 17 heavy (non-hydrogen) atoms. The van der Waals surface area contributed by atoms with Crippen molar-refractivity contribution in [1.82, 2.24) is 4.98 Å². The third kappa shape index (κ3) is 2.90. The van der Waals surface area contributed by atoms with Crippen molar-refractivity contribution in [2.75, 3.05) is 25.1 Å². The van der Waals surface area contributed by atoms with E-state index in [0.29, 0.717) is 12.0 Å². The molecule has 0 aromatic carbocycles. The number of pyridine rings is 1. The minimum atomic E-state index is 0.331. The lowest BCUT2D eigenvalue weighted by Crippen LogP contribution is -2.40. The number of hydrogen-bond donors (Lipinski definition) is 0. The lowest BCUT2D eigenvalue weighted by molar-refractivity contribution is 0.0891. The van der Waals surface area contributed by atoms with Crippen LogP contribution >= 0.6 is 11.6 Å². The minimum Gasteiger partial charge on any atom is -0.380 e. The van der Waals surface area contributed by atoms with Crippen molar-refractivity contribution in [2.45, 2.75) is 31.7 Å². The molecule has 1 aromatic rings. The lowest BCUT2D eigenvalue weighted by atomic mass is 10.1. The Kier molecular flexibility index (Phi) is 4.24. The molecule has 0 saturated carbocycles. The normalized spacial score (nSPS) is 20.6. The number of nitrogens with zero attached hydrogens (tertiary/aromatic N) is 2. The molecule has 0 N–H and O–H groups in total. The molecule has 0 amide bonds. The van der Waals surface area contributed by atoms with Crippen LogP contribution in [-0.2, 0) is 10.6 Å². The lowest BCUT2D eigenvalue weighted by Gasteiger charge is -2.33. The van der Waals surface area contributed by atoms with Crippen LogP contribution in [0.3, 0.4) is 0 Å². The molecule has 3 nitrogen and oxygen atoms in total. The van der Waals surface area contributed by atoms with E-state index in [2.05, 4.69) is 22.9 Å². The SMILES string of the molecule is COC1CCCN(c2ncc(CCl)cc2C)C1. The van der Waals surface area contributed by atoms with Gasteiger partial charge in [0.25, 0.3) is 0 Å². The molecule has 1 aliphatic heterocycles. The minimum absolute atomic E-state index is 0.331. The van der Waals surface area contributed by atoms with Gasteiger partial charge in [-0.15, -0.1) is 11.6 Å². The predicted octanol–water partition coefficient (Wildman–Crippen LogP) is 2.74. The zero-order valence-corrected chi connectivity index (χ0v) is 11.2. The van der Waals surface area contributed by atoms with Crippen molar-refractivity contribution in [3.05, 3.63) is 23.4 Å². The van der Waals surface area contributed by atoms with Gasteiger partial charge in [-0.1, -0.05) is 0 Å². The Morgan fingerprint density at radius 3 is 3.06 bits per heavy atom. The molecule has 0 aliphatic carbocycles. The molecule has 1 saturated heterocycles. The first-order chi connectivity index (χ1) is 8.24. The summed E-state index contributed by atoms with van der Waals surface area (Å²) >= 11 is 5.81. The van der Waals surface area contributed by atoms with Gasteiger partial charge in [0.2, 0.25) is 0 Å². The predicted molar refractivity (Wildman–Crippen MR) is 70.8 cm³/mol. The Labute approximate surface area is 108 Å². The second-order valence-corrected chi connectivity index (χ2v) is 4.83. The second kappa shape index (κ2) is 5.69. The molecular formula is C13H19ClN2O. The van der Waals surface area contributed by atoms with Crippen LogP contribution in [0.15, 0.2) is 12.3 Å². The summed E-state index contributed by atoms with van der Waals surface area (Å²) in [5.41, 5.74) is 2.27. The van der Waals surface area contributed by atoms with E-state index in [0.717, 1.165) is 37.3 Å². The van der Waals surface area contributed by atoms with Gasteiger partial charge in [-0.2, -0.15) is 0 Å². The second-order valence-electron chi connectivity index (χ2n) is 4.56. The van der Waals surface area contributed by atoms with Crippen molar-refractivity contribution in [3.8, 4) is 0 Å². The molecular weight excluding hydrogens is 236 g/mol. The summed E-state index contributed by atoms with van der Waals surface area (Å²) in [4.78, 5) is 6.84. The van der Waals surface area contributed by atoms with Gasteiger partial charge in [0.1, 0.15) is 5.82 Å². The third-order valence-corrected chi connectivity index (χ3v) is 3.58. The highest BCUT2D eigenvalue weighted by Crippen LogP contribution is 2.23. The van der Waals surface area contributed by atoms with Crippen LogP contribution in [0.2, 0.25) is 0 Å². The molecule has 2 heterocycles. The van der Waals surface area contributed by atoms with Crippen LogP contribution in [-0.4, -0.2) is 31.3 Å². The van der Waals surface area contributed by atoms with E-state index in [-0.39, 0.29) is 0 Å². The number of hydrogen-bond acceptors (Lipinski definition) is 3. The number of aromatic nitrogens is 1. The topological polar surface area (TPSA) is 25.4 Å². The van der Waals surface area contributed by atoms with E-state index in [1.165, 1.54) is 5.56 Å². The van der Waals surface area contributed by atoms with Gasteiger partial charge in [-0.3, -0.25) is 0 Å². The number of halogens is 1. The van der Waals surface area contributed by atoms with Gasteiger partial charge in [-0.25, -0.2) is 4.98 Å². The molecule has 1 aliphatic rings. The van der Waals surface area contributed by atoms with E-state index in [1.807, 2.05) is 6.20 Å². The maximum Gasteiger partial charge on any atom is 0.131 e. The number of piperidine rings is 1. The highest BCUT2D eigenvalue weighted by molar-refractivity contribution is 6.17. The molecule has 2 rings (SSSR count). The summed E-state index contributed by atoms with van der Waals surface area (Å²) in [6.07, 6.45) is 4.51. The fourth-order valence-corrected chi connectivity index (χ4v) is 2.50. The van der Waals surface area contributed by atoms with Crippen molar-refractivity contribution >= 4 is 17.4 Å². The molecule has 0 radical (unpaired) electrons. The fourth-order valence-electron chi connectivity index (χ4n) is 2.35. The largest absolute Gasteiger partial charge is 0.380 e. The van der Waals surface area contributed by atoms with Crippen LogP contribution in [0.5, 0.6) is 0 Å². The quantitative estimate of drug-likeness (QED) is 0.776. The van der Waals surface area contributed by atoms with Gasteiger partial charge in [-0.05, 0) is 37.0 Å². The molecule has 94 valence electrons. The average molecular weight is 255 g/mol. The fraction of sp³-hybridized carbons (Fsp3) is 0.615. The number of alkyl halides is 1. The highest BCUT2D eigenvalue weighted by Gasteiger charge is 2.21. The molecule has 1 fully saturated rings. The molecule has 0 spiro atoms. The Morgan fingerprint density at radius 1 is 1.59 bits per heavy atom. The van der Waals surface area contributed by atoms with Crippen LogP contribution in [0.4, 0.5) is 5.82 Å². The molecule has 4 heteroatoms. The standard InChI is InChI=1S/C13H19ClN2O/c1-10-6-11(7-14)8-15-13(10)16-5-3-4-12(9-16)17-2/h6,8,12H,3-5,7,9H2,1-2H3. The maximum atomic E-state index is 5.81. The summed E-state index contributed by atoms with van der Waals surface area (Å²) in [6.45, 7) is 4.09. The zero-order valence-electron chi connectivity index (χ0n) is 10.4. The number of anilines is 1. The Balaban J connectivity index is 2.16. The smallest absolute Gasteiger partial charge is 0.131 e. The van der Waals surface area contributed by atoms with Crippen molar-refractivity contribution in [1.29, 1.82) is 0 Å². The summed E-state index contributed by atoms with van der Waals surface area (Å²) in [7, 11) is 1.78. The first-order valence-corrected chi connectivity index (χ1v) is 6.57. The Bertz CT molecular complexity index is 384. The van der Waals surface area contributed by atoms with E-state index in [1.54, 1.807) is 7.11 Å². The van der Waals surface area contributed by atoms with Crippen LogP contribution in [0, 0.1) is 6.92 Å². The van der Waals surface area contributed by atoms with Gasteiger partial charge in [0.15, 0.2) is 0 Å². The summed E-state index contributed by atoms with van der Waals surface area (Å²) < 4.78 is 5.44. The number of methoxy groups -OCH3 is 1. The third-order valence-electron chi connectivity index (χ3n) is 3.27. The van der Waals surface area contributed by atoms with E-state index >= 15 is 0 Å². The van der Waals surface area contributed by atoms with Gasteiger partial charge >= 0.3 is 0 Å². The van der Waals surface area contributed by atoms with Gasteiger partial charge in [0.05, 0.1) is 6.10 Å². The van der Waals surface area contributed by atoms with E-state index in [9.17, 15) is 0 Å². The monoisotopic (exact) mass is 254 g/mol. The summed E-state index contributed by atoms with van der Waals surface area (Å²) in [5, 5.41) is 0. The van der Waals surface area contributed by atoms with Crippen molar-refractivity contribution < 1.29 is 4.74 Å². The maximum absolute atomic E-state index is 5.81. The van der Waals surface area contributed by atoms with Gasteiger partial charge in [0, 0.05) is 32.3 Å². The molecule has 0 bridgehead atoms. The van der Waals surface area contributed by atoms with E-state index in [4.69, 9.17) is 16.3 Å². The number of ether oxygens (including phenoxy) is 1. The first kappa shape index (κ1) is 12.7. The van der Waals surface area contributed by atoms with Gasteiger partial charge < -0.3 is 9.64 Å². The summed E-state index contributed by atoms with van der Waals surface area (Å²) in [6, 6.07) is 2.12. The zero-order chi connectivity index (χ0) is 12.3. The number of rotatable bonds is 3. The highest BCUT2D eigenvalue weighted by atomic mass is 35.5. The van der Waals surface area contributed by atoms with Crippen LogP contribution in [0.25, 0.3) is 0 Å². The Morgan fingerprint density at radius 2 is 2.41 bits per heavy atom. The van der Waals surface area contributed by atoms with Crippen LogP contribution in [0.1, 0.15) is 24.0 Å². The van der Waals surface area contributed by atoms with Crippen molar-refractivity contribution in [2.24, 2.45) is 0 Å². The number of aryl methyl sites for hydroxylation is 1. The van der Waals surface area contributed by atoms with Crippen LogP contribution < -0.4 is 4.90 Å². The molecule has 1 atom stereocenters. The van der Waals surface area contributed by atoms with E-state index < -0.39 is 0 Å².